The molecule has 22 heavy (non-hydrogen) atoms. The van der Waals surface area contributed by atoms with Crippen LogP contribution >= 0.6 is 11.8 Å². The van der Waals surface area contributed by atoms with Gasteiger partial charge in [-0.2, -0.15) is 0 Å². The van der Waals surface area contributed by atoms with Gasteiger partial charge < -0.3 is 4.90 Å². The second kappa shape index (κ2) is 6.24. The van der Waals surface area contributed by atoms with Crippen LogP contribution in [0.1, 0.15) is 25.3 Å². The average Bonchev–Trinajstić information content (AvgIpc) is 3.07. The highest BCUT2D eigenvalue weighted by atomic mass is 32.2. The molecular formula is C16H21NO3S2. The van der Waals surface area contributed by atoms with Gasteiger partial charge >= 0.3 is 0 Å². The molecule has 6 heteroatoms. The lowest BCUT2D eigenvalue weighted by atomic mass is 10.1. The van der Waals surface area contributed by atoms with Crippen molar-refractivity contribution >= 4 is 27.5 Å². The molecular weight excluding hydrogens is 318 g/mol. The number of fused-ring (bicyclic) bond motifs is 1. The molecule has 0 N–H and O–H groups in total. The predicted molar refractivity (Wildman–Crippen MR) is 88.9 cm³/mol. The molecule has 0 bridgehead atoms. The van der Waals surface area contributed by atoms with E-state index in [9.17, 15) is 13.2 Å². The van der Waals surface area contributed by atoms with E-state index in [-0.39, 0.29) is 28.7 Å². The van der Waals surface area contributed by atoms with Crippen LogP contribution in [0.25, 0.3) is 0 Å². The standard InChI is InChI=1S/C16H21NO3S2/c1-2-8-17(13-7-9-22(19,20)11-13)16(18)15-10-12-5-3-4-6-14(12)21-15/h3-6,13,15H,2,7-11H2,1H3. The van der Waals surface area contributed by atoms with Gasteiger partial charge in [-0.15, -0.1) is 11.8 Å². The average molecular weight is 339 g/mol. The summed E-state index contributed by atoms with van der Waals surface area (Å²) in [4.78, 5) is 15.9. The third-order valence-corrected chi connectivity index (χ3v) is 7.37. The lowest BCUT2D eigenvalue weighted by Crippen LogP contribution is -2.45. The first-order valence-electron chi connectivity index (χ1n) is 7.75. The van der Waals surface area contributed by atoms with Gasteiger partial charge in [0.15, 0.2) is 9.84 Å². The van der Waals surface area contributed by atoms with Gasteiger partial charge in [0.1, 0.15) is 0 Å². The van der Waals surface area contributed by atoms with Gasteiger partial charge in [0.25, 0.3) is 0 Å². The number of amides is 1. The molecule has 2 aliphatic rings. The number of thioether (sulfide) groups is 1. The lowest BCUT2D eigenvalue weighted by Gasteiger charge is -2.30. The maximum Gasteiger partial charge on any atom is 0.236 e. The summed E-state index contributed by atoms with van der Waals surface area (Å²) in [6.07, 6.45) is 2.18. The molecule has 1 saturated heterocycles. The molecule has 2 unspecified atom stereocenters. The van der Waals surface area contributed by atoms with E-state index in [0.717, 1.165) is 12.8 Å². The van der Waals surface area contributed by atoms with Crippen molar-refractivity contribution < 1.29 is 13.2 Å². The molecule has 2 atom stereocenters. The van der Waals surface area contributed by atoms with E-state index in [1.54, 1.807) is 11.8 Å². The Morgan fingerprint density at radius 3 is 2.77 bits per heavy atom. The molecule has 4 nitrogen and oxygen atoms in total. The van der Waals surface area contributed by atoms with Gasteiger partial charge in [0.2, 0.25) is 5.91 Å². The van der Waals surface area contributed by atoms with Crippen molar-refractivity contribution in [3.63, 3.8) is 0 Å². The van der Waals surface area contributed by atoms with Crippen LogP contribution in [0.15, 0.2) is 29.2 Å². The number of hydrogen-bond acceptors (Lipinski definition) is 4. The Labute approximate surface area is 136 Å². The van der Waals surface area contributed by atoms with Crippen molar-refractivity contribution in [3.8, 4) is 0 Å². The van der Waals surface area contributed by atoms with E-state index < -0.39 is 9.84 Å². The molecule has 1 amide bonds. The molecule has 2 heterocycles. The highest BCUT2D eigenvalue weighted by Gasteiger charge is 2.38. The van der Waals surface area contributed by atoms with Crippen molar-refractivity contribution in [1.29, 1.82) is 0 Å². The van der Waals surface area contributed by atoms with Crippen molar-refractivity contribution in [2.45, 2.75) is 42.4 Å². The minimum Gasteiger partial charge on any atom is -0.338 e. The first-order chi connectivity index (χ1) is 10.5. The zero-order chi connectivity index (χ0) is 15.7. The normalized spacial score (nSPS) is 25.9. The van der Waals surface area contributed by atoms with E-state index in [4.69, 9.17) is 0 Å². The quantitative estimate of drug-likeness (QED) is 0.843. The summed E-state index contributed by atoms with van der Waals surface area (Å²) in [6, 6.07) is 7.98. The summed E-state index contributed by atoms with van der Waals surface area (Å²) in [5.41, 5.74) is 1.22. The zero-order valence-electron chi connectivity index (χ0n) is 12.7. The fraction of sp³-hybridized carbons (Fsp3) is 0.562. The molecule has 0 spiro atoms. The number of nitrogens with zero attached hydrogens (tertiary/aromatic N) is 1. The van der Waals surface area contributed by atoms with Crippen LogP contribution in [0, 0.1) is 0 Å². The minimum absolute atomic E-state index is 0.102. The number of sulfone groups is 1. The van der Waals surface area contributed by atoms with E-state index in [1.165, 1.54) is 10.5 Å². The molecule has 1 aromatic carbocycles. The van der Waals surface area contributed by atoms with Crippen LogP contribution in [0.3, 0.4) is 0 Å². The molecule has 1 aromatic rings. The molecule has 0 aromatic heterocycles. The smallest absolute Gasteiger partial charge is 0.236 e. The summed E-state index contributed by atoms with van der Waals surface area (Å²) in [5.74, 6) is 0.442. The van der Waals surface area contributed by atoms with Gasteiger partial charge in [-0.1, -0.05) is 25.1 Å². The third kappa shape index (κ3) is 3.18. The van der Waals surface area contributed by atoms with Crippen molar-refractivity contribution in [3.05, 3.63) is 29.8 Å². The summed E-state index contributed by atoms with van der Waals surface area (Å²) in [6.45, 7) is 2.67. The third-order valence-electron chi connectivity index (χ3n) is 4.32. The van der Waals surface area contributed by atoms with Gasteiger partial charge in [-0.05, 0) is 30.9 Å². The van der Waals surface area contributed by atoms with E-state index >= 15 is 0 Å². The SMILES string of the molecule is CCCN(C(=O)C1Cc2ccccc2S1)C1CCS(=O)(=O)C1. The maximum absolute atomic E-state index is 12.9. The first-order valence-corrected chi connectivity index (χ1v) is 10.5. The predicted octanol–water partition coefficient (Wildman–Crippen LogP) is 2.13. The lowest BCUT2D eigenvalue weighted by molar-refractivity contribution is -0.132. The van der Waals surface area contributed by atoms with Gasteiger partial charge in [0, 0.05) is 17.5 Å². The Balaban J connectivity index is 1.74. The van der Waals surface area contributed by atoms with Crippen LogP contribution < -0.4 is 0 Å². The number of rotatable bonds is 4. The Hall–Kier alpha value is -1.01. The Morgan fingerprint density at radius 1 is 1.36 bits per heavy atom. The fourth-order valence-electron chi connectivity index (χ4n) is 3.24. The monoisotopic (exact) mass is 339 g/mol. The second-order valence-corrected chi connectivity index (χ2v) is 9.48. The number of hydrogen-bond donors (Lipinski definition) is 0. The Kier molecular flexibility index (Phi) is 4.50. The molecule has 2 aliphatic heterocycles. The van der Waals surface area contributed by atoms with Crippen molar-refractivity contribution in [2.75, 3.05) is 18.1 Å². The first kappa shape index (κ1) is 15.9. The largest absolute Gasteiger partial charge is 0.338 e. The Bertz CT molecular complexity index is 647. The van der Waals surface area contributed by atoms with E-state index in [2.05, 4.69) is 12.1 Å². The van der Waals surface area contributed by atoms with Crippen LogP contribution in [0.5, 0.6) is 0 Å². The molecule has 0 aliphatic carbocycles. The number of carbonyl (C=O) groups excluding carboxylic acids is 1. The van der Waals surface area contributed by atoms with E-state index in [1.807, 2.05) is 24.0 Å². The summed E-state index contributed by atoms with van der Waals surface area (Å²) in [7, 11) is -2.97. The summed E-state index contributed by atoms with van der Waals surface area (Å²) in [5, 5.41) is -0.104. The fourth-order valence-corrected chi connectivity index (χ4v) is 6.24. The van der Waals surface area contributed by atoms with Gasteiger partial charge in [-0.25, -0.2) is 8.42 Å². The second-order valence-electron chi connectivity index (χ2n) is 6.01. The Morgan fingerprint density at radius 2 is 2.14 bits per heavy atom. The van der Waals surface area contributed by atoms with E-state index in [0.29, 0.717) is 13.0 Å². The molecule has 3 rings (SSSR count). The molecule has 0 radical (unpaired) electrons. The van der Waals surface area contributed by atoms with Crippen LogP contribution in [0.2, 0.25) is 0 Å². The maximum atomic E-state index is 12.9. The van der Waals surface area contributed by atoms with Gasteiger partial charge in [-0.3, -0.25) is 4.79 Å². The minimum atomic E-state index is -2.97. The summed E-state index contributed by atoms with van der Waals surface area (Å²) >= 11 is 1.62. The zero-order valence-corrected chi connectivity index (χ0v) is 14.3. The number of carbonyl (C=O) groups is 1. The summed E-state index contributed by atoms with van der Waals surface area (Å²) < 4.78 is 23.5. The number of benzene rings is 1. The topological polar surface area (TPSA) is 54.5 Å². The molecule has 1 fully saturated rings. The van der Waals surface area contributed by atoms with Crippen molar-refractivity contribution in [2.24, 2.45) is 0 Å². The molecule has 0 saturated carbocycles. The van der Waals surface area contributed by atoms with Crippen LogP contribution in [-0.2, 0) is 21.1 Å². The van der Waals surface area contributed by atoms with Crippen LogP contribution in [-0.4, -0.2) is 48.6 Å². The molecule has 120 valence electrons. The highest BCUT2D eigenvalue weighted by molar-refractivity contribution is 8.01. The highest BCUT2D eigenvalue weighted by Crippen LogP contribution is 2.38. The van der Waals surface area contributed by atoms with Crippen molar-refractivity contribution in [1.82, 2.24) is 4.90 Å². The van der Waals surface area contributed by atoms with Gasteiger partial charge in [0.05, 0.1) is 16.8 Å². The van der Waals surface area contributed by atoms with Crippen LogP contribution in [0.4, 0.5) is 0 Å².